The van der Waals surface area contributed by atoms with Crippen molar-refractivity contribution >= 4 is 0 Å². The predicted octanol–water partition coefficient (Wildman–Crippen LogP) is 2.62. The van der Waals surface area contributed by atoms with Gasteiger partial charge >= 0.3 is 0 Å². The third-order valence-electron chi connectivity index (χ3n) is 3.18. The number of hydrogen-bond acceptors (Lipinski definition) is 3. The molecule has 1 aromatic rings. The molecular formula is C13H21NO2. The highest BCUT2D eigenvalue weighted by atomic mass is 16.3. The Morgan fingerprint density at radius 2 is 1.94 bits per heavy atom. The van der Waals surface area contributed by atoms with Crippen molar-refractivity contribution < 1.29 is 10.2 Å². The summed E-state index contributed by atoms with van der Waals surface area (Å²) in [6.45, 7) is 7.14. The third-order valence-corrected chi connectivity index (χ3v) is 3.18. The van der Waals surface area contributed by atoms with Gasteiger partial charge in [0.1, 0.15) is 11.5 Å². The molecular weight excluding hydrogens is 202 g/mol. The lowest BCUT2D eigenvalue weighted by Crippen LogP contribution is -2.31. The Labute approximate surface area is 97.1 Å². The normalized spacial score (nSPS) is 14.7. The first kappa shape index (κ1) is 12.8. The lowest BCUT2D eigenvalue weighted by molar-refractivity contribution is 0.383. The highest BCUT2D eigenvalue weighted by Crippen LogP contribution is 2.22. The standard InChI is InChI=1S/C13H21NO2/c1-4-9(2)10(3)14-8-11-5-6-12(15)7-13(11)16/h5-7,9-10,14-16H,4,8H2,1-3H3. The Kier molecular flexibility index (Phi) is 4.62. The van der Waals surface area contributed by atoms with Crippen molar-refractivity contribution in [2.75, 3.05) is 0 Å². The van der Waals surface area contributed by atoms with Gasteiger partial charge in [-0.05, 0) is 18.9 Å². The SMILES string of the molecule is CCC(C)C(C)NCc1ccc(O)cc1O. The molecule has 16 heavy (non-hydrogen) atoms. The van der Waals surface area contributed by atoms with E-state index < -0.39 is 0 Å². The molecule has 0 saturated carbocycles. The smallest absolute Gasteiger partial charge is 0.123 e. The molecule has 0 amide bonds. The van der Waals surface area contributed by atoms with Gasteiger partial charge in [0.05, 0.1) is 0 Å². The average molecular weight is 223 g/mol. The maximum Gasteiger partial charge on any atom is 0.123 e. The minimum Gasteiger partial charge on any atom is -0.508 e. The van der Waals surface area contributed by atoms with E-state index in [0.717, 1.165) is 12.0 Å². The fourth-order valence-corrected chi connectivity index (χ4v) is 1.53. The molecule has 1 aromatic carbocycles. The van der Waals surface area contributed by atoms with Crippen molar-refractivity contribution in [2.45, 2.75) is 39.8 Å². The van der Waals surface area contributed by atoms with Gasteiger partial charge < -0.3 is 15.5 Å². The summed E-state index contributed by atoms with van der Waals surface area (Å²) in [6, 6.07) is 5.11. The van der Waals surface area contributed by atoms with Crippen molar-refractivity contribution in [3.63, 3.8) is 0 Å². The molecule has 0 heterocycles. The van der Waals surface area contributed by atoms with E-state index in [0.29, 0.717) is 18.5 Å². The van der Waals surface area contributed by atoms with Crippen molar-refractivity contribution in [2.24, 2.45) is 5.92 Å². The Morgan fingerprint density at radius 1 is 1.25 bits per heavy atom. The summed E-state index contributed by atoms with van der Waals surface area (Å²) < 4.78 is 0. The average Bonchev–Trinajstić information content (AvgIpc) is 2.26. The number of nitrogens with one attached hydrogen (secondary N) is 1. The molecule has 2 atom stereocenters. The van der Waals surface area contributed by atoms with Gasteiger partial charge in [-0.1, -0.05) is 26.3 Å². The number of phenolic OH excluding ortho intramolecular Hbond substituents is 2. The molecule has 0 aliphatic carbocycles. The molecule has 0 bridgehead atoms. The fraction of sp³-hybridized carbons (Fsp3) is 0.538. The number of rotatable bonds is 5. The first-order valence-electron chi connectivity index (χ1n) is 5.78. The van der Waals surface area contributed by atoms with Crippen molar-refractivity contribution in [3.05, 3.63) is 23.8 Å². The van der Waals surface area contributed by atoms with E-state index in [1.807, 2.05) is 0 Å². The topological polar surface area (TPSA) is 52.5 Å². The van der Waals surface area contributed by atoms with Crippen LogP contribution >= 0.6 is 0 Å². The first-order chi connectivity index (χ1) is 7.54. The molecule has 0 aromatic heterocycles. The number of benzene rings is 1. The van der Waals surface area contributed by atoms with Crippen LogP contribution in [-0.4, -0.2) is 16.3 Å². The molecule has 0 fully saturated rings. The molecule has 0 spiro atoms. The van der Waals surface area contributed by atoms with Crippen LogP contribution < -0.4 is 5.32 Å². The molecule has 0 radical (unpaired) electrons. The zero-order valence-corrected chi connectivity index (χ0v) is 10.2. The maximum atomic E-state index is 9.60. The minimum atomic E-state index is 0.0937. The second-order valence-corrected chi connectivity index (χ2v) is 4.37. The molecule has 2 unspecified atom stereocenters. The van der Waals surface area contributed by atoms with Gasteiger partial charge in [0.15, 0.2) is 0 Å². The van der Waals surface area contributed by atoms with E-state index in [2.05, 4.69) is 26.1 Å². The van der Waals surface area contributed by atoms with Crippen LogP contribution in [0.15, 0.2) is 18.2 Å². The van der Waals surface area contributed by atoms with Crippen molar-refractivity contribution in [1.29, 1.82) is 0 Å². The summed E-state index contributed by atoms with van der Waals surface area (Å²) in [5, 5.41) is 22.1. The summed E-state index contributed by atoms with van der Waals surface area (Å²) in [5.41, 5.74) is 0.813. The van der Waals surface area contributed by atoms with Crippen LogP contribution in [0.2, 0.25) is 0 Å². The summed E-state index contributed by atoms with van der Waals surface area (Å²) in [4.78, 5) is 0. The quantitative estimate of drug-likeness (QED) is 0.719. The van der Waals surface area contributed by atoms with E-state index in [9.17, 15) is 5.11 Å². The highest BCUT2D eigenvalue weighted by molar-refractivity contribution is 5.38. The summed E-state index contributed by atoms with van der Waals surface area (Å²) >= 11 is 0. The summed E-state index contributed by atoms with van der Waals surface area (Å²) in [5.74, 6) is 0.847. The van der Waals surface area contributed by atoms with Gasteiger partial charge in [0.2, 0.25) is 0 Å². The lowest BCUT2D eigenvalue weighted by atomic mass is 10.0. The lowest BCUT2D eigenvalue weighted by Gasteiger charge is -2.20. The van der Waals surface area contributed by atoms with Crippen LogP contribution in [-0.2, 0) is 6.54 Å². The van der Waals surface area contributed by atoms with Crippen LogP contribution in [0.1, 0.15) is 32.8 Å². The number of aromatic hydroxyl groups is 2. The van der Waals surface area contributed by atoms with E-state index >= 15 is 0 Å². The van der Waals surface area contributed by atoms with Crippen LogP contribution in [0.25, 0.3) is 0 Å². The molecule has 3 nitrogen and oxygen atoms in total. The second kappa shape index (κ2) is 5.75. The fourth-order valence-electron chi connectivity index (χ4n) is 1.53. The molecule has 3 heteroatoms. The monoisotopic (exact) mass is 223 g/mol. The minimum absolute atomic E-state index is 0.0937. The molecule has 1 rings (SSSR count). The summed E-state index contributed by atoms with van der Waals surface area (Å²) in [6.07, 6.45) is 1.13. The zero-order chi connectivity index (χ0) is 12.1. The van der Waals surface area contributed by atoms with Gasteiger partial charge in [-0.2, -0.15) is 0 Å². The van der Waals surface area contributed by atoms with Crippen molar-refractivity contribution in [1.82, 2.24) is 5.32 Å². The molecule has 0 saturated heterocycles. The van der Waals surface area contributed by atoms with Gasteiger partial charge in [-0.15, -0.1) is 0 Å². The number of hydrogen-bond donors (Lipinski definition) is 3. The molecule has 90 valence electrons. The van der Waals surface area contributed by atoms with Gasteiger partial charge in [0.25, 0.3) is 0 Å². The Bertz CT molecular complexity index is 339. The molecule has 3 N–H and O–H groups in total. The van der Waals surface area contributed by atoms with Gasteiger partial charge in [-0.25, -0.2) is 0 Å². The van der Waals surface area contributed by atoms with E-state index in [4.69, 9.17) is 5.11 Å². The van der Waals surface area contributed by atoms with Crippen LogP contribution in [0.5, 0.6) is 11.5 Å². The third kappa shape index (κ3) is 3.42. The zero-order valence-electron chi connectivity index (χ0n) is 10.2. The largest absolute Gasteiger partial charge is 0.508 e. The first-order valence-corrected chi connectivity index (χ1v) is 5.78. The number of phenols is 2. The second-order valence-electron chi connectivity index (χ2n) is 4.37. The van der Waals surface area contributed by atoms with Gasteiger partial charge in [0, 0.05) is 24.2 Å². The Hall–Kier alpha value is -1.22. The Balaban J connectivity index is 2.54. The Morgan fingerprint density at radius 3 is 2.50 bits per heavy atom. The van der Waals surface area contributed by atoms with E-state index in [1.165, 1.54) is 6.07 Å². The van der Waals surface area contributed by atoms with Crippen LogP contribution in [0.3, 0.4) is 0 Å². The summed E-state index contributed by atoms with van der Waals surface area (Å²) in [7, 11) is 0. The molecule has 0 aliphatic rings. The highest BCUT2D eigenvalue weighted by Gasteiger charge is 2.10. The maximum absolute atomic E-state index is 9.60. The predicted molar refractivity (Wildman–Crippen MR) is 65.5 cm³/mol. The molecule has 0 aliphatic heterocycles. The van der Waals surface area contributed by atoms with Crippen molar-refractivity contribution in [3.8, 4) is 11.5 Å². The van der Waals surface area contributed by atoms with Crippen LogP contribution in [0, 0.1) is 5.92 Å². The van der Waals surface area contributed by atoms with E-state index in [-0.39, 0.29) is 11.5 Å². The van der Waals surface area contributed by atoms with Crippen LogP contribution in [0.4, 0.5) is 0 Å². The van der Waals surface area contributed by atoms with Gasteiger partial charge in [-0.3, -0.25) is 0 Å². The van der Waals surface area contributed by atoms with E-state index in [1.54, 1.807) is 12.1 Å².